The molecule has 0 unspecified atom stereocenters. The first-order chi connectivity index (χ1) is 11.6. The molecule has 122 valence electrons. The summed E-state index contributed by atoms with van der Waals surface area (Å²) in [6.07, 6.45) is 1.24. The number of hydrogen-bond acceptors (Lipinski definition) is 3. The number of aromatic nitrogens is 2. The Kier molecular flexibility index (Phi) is 4.42. The summed E-state index contributed by atoms with van der Waals surface area (Å²) >= 11 is 0. The third-order valence-electron chi connectivity index (χ3n) is 3.81. The third kappa shape index (κ3) is 3.06. The van der Waals surface area contributed by atoms with E-state index in [-0.39, 0.29) is 11.5 Å². The van der Waals surface area contributed by atoms with Crippen LogP contribution in [0.4, 0.5) is 5.69 Å². The summed E-state index contributed by atoms with van der Waals surface area (Å²) in [5.41, 5.74) is 1.87. The van der Waals surface area contributed by atoms with Crippen LogP contribution in [0.25, 0.3) is 16.6 Å². The molecule has 3 rings (SSSR count). The Hall–Kier alpha value is -2.95. The largest absolute Gasteiger partial charge is 0.326 e. The number of carbonyl (C=O) groups excluding carboxylic acids is 1. The van der Waals surface area contributed by atoms with Crippen LogP contribution in [0.2, 0.25) is 0 Å². The van der Waals surface area contributed by atoms with Crippen molar-refractivity contribution in [1.29, 1.82) is 0 Å². The van der Waals surface area contributed by atoms with Gasteiger partial charge in [-0.25, -0.2) is 4.98 Å². The van der Waals surface area contributed by atoms with Gasteiger partial charge in [0.25, 0.3) is 5.56 Å². The molecule has 3 aromatic rings. The van der Waals surface area contributed by atoms with Crippen LogP contribution in [-0.4, -0.2) is 15.5 Å². The fourth-order valence-corrected chi connectivity index (χ4v) is 2.71. The zero-order valence-corrected chi connectivity index (χ0v) is 13.7. The molecule has 0 spiro atoms. The van der Waals surface area contributed by atoms with E-state index in [1.165, 1.54) is 0 Å². The third-order valence-corrected chi connectivity index (χ3v) is 3.81. The van der Waals surface area contributed by atoms with Gasteiger partial charge < -0.3 is 5.32 Å². The van der Waals surface area contributed by atoms with E-state index in [1.807, 2.05) is 44.2 Å². The topological polar surface area (TPSA) is 64.0 Å². The number of nitrogens with one attached hydrogen (secondary N) is 1. The lowest BCUT2D eigenvalue weighted by Crippen LogP contribution is -2.22. The van der Waals surface area contributed by atoms with E-state index in [4.69, 9.17) is 0 Å². The molecule has 0 fully saturated rings. The number of benzene rings is 2. The minimum Gasteiger partial charge on any atom is -0.326 e. The summed E-state index contributed by atoms with van der Waals surface area (Å²) < 4.78 is 1.58. The van der Waals surface area contributed by atoms with Crippen molar-refractivity contribution in [2.75, 3.05) is 5.32 Å². The van der Waals surface area contributed by atoms with E-state index in [0.29, 0.717) is 28.8 Å². The molecular formula is C19H19N3O2. The monoisotopic (exact) mass is 321 g/mol. The summed E-state index contributed by atoms with van der Waals surface area (Å²) in [5.74, 6) is 0.571. The Balaban J connectivity index is 2.12. The van der Waals surface area contributed by atoms with Gasteiger partial charge in [0.2, 0.25) is 5.91 Å². The average Bonchev–Trinajstić information content (AvgIpc) is 2.57. The molecule has 1 aromatic heterocycles. The van der Waals surface area contributed by atoms with Gasteiger partial charge >= 0.3 is 0 Å². The highest BCUT2D eigenvalue weighted by atomic mass is 16.1. The highest BCUT2D eigenvalue weighted by Crippen LogP contribution is 2.17. The molecular weight excluding hydrogens is 302 g/mol. The summed E-state index contributed by atoms with van der Waals surface area (Å²) in [6.45, 7) is 3.76. The molecule has 5 nitrogen and oxygen atoms in total. The van der Waals surface area contributed by atoms with E-state index < -0.39 is 0 Å². The average molecular weight is 321 g/mol. The number of fused-ring (bicyclic) bond motifs is 1. The number of aryl methyl sites for hydroxylation is 1. The van der Waals surface area contributed by atoms with Crippen LogP contribution >= 0.6 is 0 Å². The molecule has 1 N–H and O–H groups in total. The fourth-order valence-electron chi connectivity index (χ4n) is 2.71. The Morgan fingerprint density at radius 1 is 1.17 bits per heavy atom. The molecule has 24 heavy (non-hydrogen) atoms. The van der Waals surface area contributed by atoms with Crippen molar-refractivity contribution in [3.05, 3.63) is 64.7 Å². The van der Waals surface area contributed by atoms with E-state index in [9.17, 15) is 9.59 Å². The number of carbonyl (C=O) groups is 1. The highest BCUT2D eigenvalue weighted by molar-refractivity contribution is 5.93. The molecule has 0 saturated heterocycles. The van der Waals surface area contributed by atoms with Crippen LogP contribution in [0.1, 0.15) is 25.6 Å². The minimum atomic E-state index is -0.143. The quantitative estimate of drug-likeness (QED) is 0.800. The smallest absolute Gasteiger partial charge is 0.266 e. The number of hydrogen-bond donors (Lipinski definition) is 1. The number of nitrogens with zero attached hydrogens (tertiary/aromatic N) is 2. The lowest BCUT2D eigenvalue weighted by Gasteiger charge is -2.11. The van der Waals surface area contributed by atoms with E-state index >= 15 is 0 Å². The van der Waals surface area contributed by atoms with E-state index in [0.717, 1.165) is 12.1 Å². The Bertz CT molecular complexity index is 946. The summed E-state index contributed by atoms with van der Waals surface area (Å²) in [4.78, 5) is 29.2. The normalized spacial score (nSPS) is 10.8. The van der Waals surface area contributed by atoms with Gasteiger partial charge in [-0.05, 0) is 43.7 Å². The predicted molar refractivity (Wildman–Crippen MR) is 95.6 cm³/mol. The number of anilines is 1. The van der Waals surface area contributed by atoms with Crippen LogP contribution in [0.5, 0.6) is 0 Å². The summed E-state index contributed by atoms with van der Waals surface area (Å²) in [7, 11) is 0. The van der Waals surface area contributed by atoms with Gasteiger partial charge in [-0.15, -0.1) is 0 Å². The van der Waals surface area contributed by atoms with Crippen molar-refractivity contribution in [2.24, 2.45) is 0 Å². The number of para-hydroxylation sites is 1. The molecule has 0 aliphatic rings. The molecule has 0 saturated carbocycles. The molecule has 0 aliphatic heterocycles. The maximum absolute atomic E-state index is 12.9. The van der Waals surface area contributed by atoms with Crippen molar-refractivity contribution in [3.8, 4) is 5.69 Å². The molecule has 0 aliphatic carbocycles. The second-order valence-electron chi connectivity index (χ2n) is 5.67. The predicted octanol–water partition coefficient (Wildman–Crippen LogP) is 3.43. The van der Waals surface area contributed by atoms with Gasteiger partial charge in [-0.2, -0.15) is 0 Å². The molecule has 1 amide bonds. The van der Waals surface area contributed by atoms with Crippen molar-refractivity contribution >= 4 is 22.5 Å². The van der Waals surface area contributed by atoms with Gasteiger partial charge in [0, 0.05) is 12.1 Å². The van der Waals surface area contributed by atoms with Crippen LogP contribution in [-0.2, 0) is 4.79 Å². The van der Waals surface area contributed by atoms with Crippen molar-refractivity contribution in [3.63, 3.8) is 0 Å². The van der Waals surface area contributed by atoms with Crippen LogP contribution < -0.4 is 10.9 Å². The van der Waals surface area contributed by atoms with Gasteiger partial charge in [0.1, 0.15) is 5.82 Å². The number of amides is 1. The minimum absolute atomic E-state index is 0.0553. The highest BCUT2D eigenvalue weighted by Gasteiger charge is 2.11. The van der Waals surface area contributed by atoms with Crippen LogP contribution in [0.15, 0.2) is 53.3 Å². The lowest BCUT2D eigenvalue weighted by atomic mass is 10.2. The SMILES string of the molecule is CCCC(=O)Nc1ccc2nc(C)n(-c3ccccc3)c(=O)c2c1. The van der Waals surface area contributed by atoms with Gasteiger partial charge in [-0.1, -0.05) is 25.1 Å². The lowest BCUT2D eigenvalue weighted by molar-refractivity contribution is -0.116. The maximum Gasteiger partial charge on any atom is 0.266 e. The van der Waals surface area contributed by atoms with Gasteiger partial charge in [0.05, 0.1) is 16.6 Å². The van der Waals surface area contributed by atoms with Crippen LogP contribution in [0.3, 0.4) is 0 Å². The maximum atomic E-state index is 12.9. The molecule has 1 heterocycles. The molecule has 0 bridgehead atoms. The summed E-state index contributed by atoms with van der Waals surface area (Å²) in [6, 6.07) is 14.6. The second kappa shape index (κ2) is 6.66. The van der Waals surface area contributed by atoms with Crippen LogP contribution in [0, 0.1) is 6.92 Å². The first kappa shape index (κ1) is 15.9. The first-order valence-corrected chi connectivity index (χ1v) is 7.99. The molecule has 5 heteroatoms. The van der Waals surface area contributed by atoms with Gasteiger partial charge in [-0.3, -0.25) is 14.2 Å². The molecule has 0 atom stereocenters. The standard InChI is InChI=1S/C19H19N3O2/c1-3-7-18(23)21-14-10-11-17-16(12-14)19(24)22(13(2)20-17)15-8-5-4-6-9-15/h4-6,8-12H,3,7H2,1-2H3,(H,21,23). The van der Waals surface area contributed by atoms with Gasteiger partial charge in [0.15, 0.2) is 0 Å². The zero-order valence-electron chi connectivity index (χ0n) is 13.7. The van der Waals surface area contributed by atoms with Crippen molar-refractivity contribution in [2.45, 2.75) is 26.7 Å². The van der Waals surface area contributed by atoms with E-state index in [2.05, 4.69) is 10.3 Å². The fraction of sp³-hybridized carbons (Fsp3) is 0.211. The Labute approximate surface area is 140 Å². The first-order valence-electron chi connectivity index (χ1n) is 7.99. The second-order valence-corrected chi connectivity index (χ2v) is 5.67. The zero-order chi connectivity index (χ0) is 17.1. The molecule has 0 radical (unpaired) electrons. The molecule has 2 aromatic carbocycles. The number of rotatable bonds is 4. The Morgan fingerprint density at radius 3 is 2.62 bits per heavy atom. The summed E-state index contributed by atoms with van der Waals surface area (Å²) in [5, 5.41) is 3.31. The van der Waals surface area contributed by atoms with Crippen molar-refractivity contribution < 1.29 is 4.79 Å². The Morgan fingerprint density at radius 2 is 1.92 bits per heavy atom. The van der Waals surface area contributed by atoms with Crippen molar-refractivity contribution in [1.82, 2.24) is 9.55 Å². The van der Waals surface area contributed by atoms with E-state index in [1.54, 1.807) is 22.8 Å².